The van der Waals surface area contributed by atoms with Crippen LogP contribution < -0.4 is 10.5 Å². The van der Waals surface area contributed by atoms with Crippen molar-refractivity contribution in [1.29, 1.82) is 0 Å². The Morgan fingerprint density at radius 2 is 2.11 bits per heavy atom. The van der Waals surface area contributed by atoms with Crippen LogP contribution in [-0.4, -0.2) is 12.1 Å². The highest BCUT2D eigenvalue weighted by molar-refractivity contribution is 5.69. The molecule has 1 aromatic carbocycles. The van der Waals surface area contributed by atoms with Crippen LogP contribution in [-0.2, 0) is 6.42 Å². The van der Waals surface area contributed by atoms with Crippen molar-refractivity contribution in [2.75, 3.05) is 12.8 Å². The van der Waals surface area contributed by atoms with E-state index in [9.17, 15) is 0 Å². The van der Waals surface area contributed by atoms with Crippen LogP contribution in [0.25, 0.3) is 11.3 Å². The summed E-state index contributed by atoms with van der Waals surface area (Å²) >= 11 is 0. The maximum Gasteiger partial charge on any atom is 0.292 e. The lowest BCUT2D eigenvalue weighted by Crippen LogP contribution is -1.94. The number of nitrogens with two attached hydrogens (primary N) is 1. The first-order valence-electron chi connectivity index (χ1n) is 6.50. The maximum absolute atomic E-state index is 5.64. The monoisotopic (exact) mass is 260 g/mol. The van der Waals surface area contributed by atoms with Gasteiger partial charge in [0.25, 0.3) is 6.01 Å². The lowest BCUT2D eigenvalue weighted by atomic mass is 9.99. The average Bonchev–Trinajstić information content (AvgIpc) is 2.78. The Balaban J connectivity index is 2.55. The first kappa shape index (κ1) is 13.5. The van der Waals surface area contributed by atoms with E-state index in [-0.39, 0.29) is 6.01 Å². The quantitative estimate of drug-likeness (QED) is 0.912. The number of oxazole rings is 1. The van der Waals surface area contributed by atoms with E-state index in [1.807, 2.05) is 19.1 Å². The molecule has 0 bridgehead atoms. The highest BCUT2D eigenvalue weighted by Gasteiger charge is 2.17. The lowest BCUT2D eigenvalue weighted by molar-refractivity contribution is 0.414. The van der Waals surface area contributed by atoms with Crippen molar-refractivity contribution in [3.63, 3.8) is 0 Å². The van der Waals surface area contributed by atoms with Gasteiger partial charge in [0.15, 0.2) is 5.76 Å². The average molecular weight is 260 g/mol. The minimum absolute atomic E-state index is 0.196. The van der Waals surface area contributed by atoms with Crippen molar-refractivity contribution >= 4 is 6.01 Å². The van der Waals surface area contributed by atoms with E-state index in [1.54, 1.807) is 7.11 Å². The lowest BCUT2D eigenvalue weighted by Gasteiger charge is -2.11. The number of hydrogen-bond acceptors (Lipinski definition) is 4. The molecule has 0 unspecified atom stereocenters. The Kier molecular flexibility index (Phi) is 3.79. The predicted octanol–water partition coefficient (Wildman–Crippen LogP) is 3.62. The summed E-state index contributed by atoms with van der Waals surface area (Å²) < 4.78 is 11.0. The van der Waals surface area contributed by atoms with Gasteiger partial charge in [0.1, 0.15) is 5.75 Å². The predicted molar refractivity (Wildman–Crippen MR) is 76.4 cm³/mol. The minimum Gasteiger partial charge on any atom is -0.496 e. The summed E-state index contributed by atoms with van der Waals surface area (Å²) in [5.74, 6) is 1.94. The fourth-order valence-electron chi connectivity index (χ4n) is 2.07. The molecule has 0 aliphatic carbocycles. The van der Waals surface area contributed by atoms with Crippen molar-refractivity contribution < 1.29 is 9.15 Å². The van der Waals surface area contributed by atoms with Crippen molar-refractivity contribution in [2.24, 2.45) is 0 Å². The highest BCUT2D eigenvalue weighted by atomic mass is 16.5. The van der Waals surface area contributed by atoms with Crippen molar-refractivity contribution in [3.05, 3.63) is 29.5 Å². The van der Waals surface area contributed by atoms with Crippen molar-refractivity contribution in [1.82, 2.24) is 4.98 Å². The second-order valence-corrected chi connectivity index (χ2v) is 4.80. The molecule has 0 radical (unpaired) electrons. The van der Waals surface area contributed by atoms with Crippen LogP contribution in [0.3, 0.4) is 0 Å². The van der Waals surface area contributed by atoms with Crippen LogP contribution in [0, 0.1) is 0 Å². The molecule has 0 fully saturated rings. The third-order valence-electron chi connectivity index (χ3n) is 3.19. The fourth-order valence-corrected chi connectivity index (χ4v) is 2.07. The summed E-state index contributed by atoms with van der Waals surface area (Å²) in [6, 6.07) is 6.33. The van der Waals surface area contributed by atoms with Crippen LogP contribution in [0.4, 0.5) is 6.01 Å². The van der Waals surface area contributed by atoms with Gasteiger partial charge in [-0.25, -0.2) is 0 Å². The van der Waals surface area contributed by atoms with Gasteiger partial charge in [-0.3, -0.25) is 0 Å². The van der Waals surface area contributed by atoms with Crippen LogP contribution in [0.5, 0.6) is 5.75 Å². The molecular weight excluding hydrogens is 240 g/mol. The molecule has 0 spiro atoms. The van der Waals surface area contributed by atoms with Gasteiger partial charge in [-0.05, 0) is 30.0 Å². The van der Waals surface area contributed by atoms with E-state index in [0.29, 0.717) is 11.7 Å². The zero-order chi connectivity index (χ0) is 14.0. The van der Waals surface area contributed by atoms with Gasteiger partial charge >= 0.3 is 0 Å². The van der Waals surface area contributed by atoms with E-state index in [1.165, 1.54) is 5.56 Å². The smallest absolute Gasteiger partial charge is 0.292 e. The number of hydrogen-bond donors (Lipinski definition) is 1. The van der Waals surface area contributed by atoms with Crippen LogP contribution in [0.1, 0.15) is 37.9 Å². The Hall–Kier alpha value is -1.97. The molecule has 0 saturated heterocycles. The number of nitrogen functional groups attached to an aromatic ring is 1. The highest BCUT2D eigenvalue weighted by Crippen LogP contribution is 2.35. The van der Waals surface area contributed by atoms with Gasteiger partial charge in [0, 0.05) is 0 Å². The summed E-state index contributed by atoms with van der Waals surface area (Å²) in [5.41, 5.74) is 8.62. The molecule has 102 valence electrons. The number of rotatable bonds is 4. The van der Waals surface area contributed by atoms with E-state index < -0.39 is 0 Å². The molecule has 2 N–H and O–H groups in total. The molecule has 2 aromatic rings. The summed E-state index contributed by atoms with van der Waals surface area (Å²) in [6.07, 6.45) is 0.769. The molecule has 0 aliphatic heterocycles. The molecule has 0 atom stereocenters. The maximum atomic E-state index is 5.64. The standard InChI is InChI=1S/C15H20N2O2/c1-5-12-14(19-15(16)17-12)11-7-6-10(9(2)3)8-13(11)18-4/h6-9H,5H2,1-4H3,(H2,16,17). The molecule has 4 nitrogen and oxygen atoms in total. The minimum atomic E-state index is 0.196. The SMILES string of the molecule is CCc1nc(N)oc1-c1ccc(C(C)C)cc1OC. The third-order valence-corrected chi connectivity index (χ3v) is 3.19. The molecule has 1 aromatic heterocycles. The Morgan fingerprint density at radius 3 is 2.68 bits per heavy atom. The number of aryl methyl sites for hydroxylation is 1. The molecule has 0 aliphatic rings. The van der Waals surface area contributed by atoms with E-state index >= 15 is 0 Å². The van der Waals surface area contributed by atoms with Crippen LogP contribution in [0.2, 0.25) is 0 Å². The number of benzene rings is 1. The van der Waals surface area contributed by atoms with E-state index in [4.69, 9.17) is 14.9 Å². The first-order chi connectivity index (χ1) is 9.06. The van der Waals surface area contributed by atoms with Gasteiger partial charge in [-0.2, -0.15) is 4.98 Å². The van der Waals surface area contributed by atoms with E-state index in [0.717, 1.165) is 23.4 Å². The number of aromatic nitrogens is 1. The van der Waals surface area contributed by atoms with Gasteiger partial charge in [-0.15, -0.1) is 0 Å². The number of ether oxygens (including phenoxy) is 1. The molecule has 19 heavy (non-hydrogen) atoms. The number of anilines is 1. The molecule has 1 heterocycles. The summed E-state index contributed by atoms with van der Waals surface area (Å²) in [6.45, 7) is 6.33. The van der Waals surface area contributed by atoms with Crippen LogP contribution in [0.15, 0.2) is 22.6 Å². The topological polar surface area (TPSA) is 61.3 Å². The molecule has 0 amide bonds. The van der Waals surface area contributed by atoms with Crippen molar-refractivity contribution in [3.8, 4) is 17.1 Å². The normalized spacial score (nSPS) is 11.0. The summed E-state index contributed by atoms with van der Waals surface area (Å²) in [7, 11) is 1.66. The van der Waals surface area contributed by atoms with Gasteiger partial charge in [0.2, 0.25) is 0 Å². The Labute approximate surface area is 113 Å². The van der Waals surface area contributed by atoms with Gasteiger partial charge in [0.05, 0.1) is 18.4 Å². The molecule has 0 saturated carbocycles. The zero-order valence-electron chi connectivity index (χ0n) is 11.9. The van der Waals surface area contributed by atoms with Crippen LogP contribution >= 0.6 is 0 Å². The number of methoxy groups -OCH3 is 1. The number of nitrogens with zero attached hydrogens (tertiary/aromatic N) is 1. The third kappa shape index (κ3) is 2.57. The molecular formula is C15H20N2O2. The Morgan fingerprint density at radius 1 is 1.37 bits per heavy atom. The second kappa shape index (κ2) is 5.34. The van der Waals surface area contributed by atoms with Crippen molar-refractivity contribution in [2.45, 2.75) is 33.1 Å². The molecule has 4 heteroatoms. The Bertz CT molecular complexity index is 574. The fraction of sp³-hybridized carbons (Fsp3) is 0.400. The largest absolute Gasteiger partial charge is 0.496 e. The second-order valence-electron chi connectivity index (χ2n) is 4.80. The van der Waals surface area contributed by atoms with Gasteiger partial charge < -0.3 is 14.9 Å². The summed E-state index contributed by atoms with van der Waals surface area (Å²) in [4.78, 5) is 4.19. The first-order valence-corrected chi connectivity index (χ1v) is 6.50. The van der Waals surface area contributed by atoms with E-state index in [2.05, 4.69) is 24.9 Å². The zero-order valence-corrected chi connectivity index (χ0v) is 11.9. The summed E-state index contributed by atoms with van der Waals surface area (Å²) in [5, 5.41) is 0. The van der Waals surface area contributed by atoms with Gasteiger partial charge in [-0.1, -0.05) is 26.8 Å². The molecule has 2 rings (SSSR count).